The van der Waals surface area contributed by atoms with Crippen molar-refractivity contribution in [1.82, 2.24) is 15.3 Å². The van der Waals surface area contributed by atoms with Gasteiger partial charge in [-0.25, -0.2) is 13.2 Å². The highest BCUT2D eigenvalue weighted by Crippen LogP contribution is 2.19. The summed E-state index contributed by atoms with van der Waals surface area (Å²) in [6, 6.07) is 8.27. The fourth-order valence-corrected chi connectivity index (χ4v) is 3.62. The summed E-state index contributed by atoms with van der Waals surface area (Å²) in [6.45, 7) is 7.56. The zero-order valence-corrected chi connectivity index (χ0v) is 22.1. The number of carbonyl (C=O) groups excluding carboxylic acids is 2. The number of aliphatic hydroxyl groups is 1. The summed E-state index contributed by atoms with van der Waals surface area (Å²) in [7, 11) is 0. The molecule has 2 atom stereocenters. The Morgan fingerprint density at radius 1 is 1.07 bits per heavy atom. The lowest BCUT2D eigenvalue weighted by Gasteiger charge is -2.23. The lowest BCUT2D eigenvalue weighted by Crippen LogP contribution is -2.41. The maximum atomic E-state index is 14.1. The smallest absolute Gasteiger partial charge is 0.274 e. The van der Waals surface area contributed by atoms with Crippen LogP contribution in [0.25, 0.3) is 0 Å². The molecule has 2 amide bonds. The van der Waals surface area contributed by atoms with Crippen LogP contribution in [0, 0.1) is 17.5 Å². The van der Waals surface area contributed by atoms with Gasteiger partial charge in [-0.2, -0.15) is 0 Å². The van der Waals surface area contributed by atoms with Crippen LogP contribution >= 0.6 is 0 Å². The van der Waals surface area contributed by atoms with Crippen LogP contribution in [0.2, 0.25) is 0 Å². The lowest BCUT2D eigenvalue weighted by atomic mass is 10.1. The average molecular weight is 571 g/mol. The van der Waals surface area contributed by atoms with E-state index in [1.165, 1.54) is 12.2 Å². The first-order valence-electron chi connectivity index (χ1n) is 12.4. The topological polar surface area (TPSA) is 122 Å². The van der Waals surface area contributed by atoms with Crippen molar-refractivity contribution in [3.05, 3.63) is 124 Å². The second kappa shape index (κ2) is 14.0. The van der Waals surface area contributed by atoms with Gasteiger partial charge in [0.2, 0.25) is 5.43 Å². The fourth-order valence-electron chi connectivity index (χ4n) is 3.62. The number of aromatic nitrogens is 1. The molecule has 0 aliphatic heterocycles. The number of hydrogen-bond acceptors (Lipinski definition) is 6. The molecule has 216 valence electrons. The predicted octanol–water partition coefficient (Wildman–Crippen LogP) is 3.17. The first-order chi connectivity index (χ1) is 19.6. The lowest BCUT2D eigenvalue weighted by molar-refractivity contribution is 0.0908. The molecule has 41 heavy (non-hydrogen) atoms. The normalized spacial score (nSPS) is 12.1. The number of aliphatic hydroxyl groups excluding tert-OH is 1. The number of amides is 2. The Hall–Kier alpha value is -4.84. The molecule has 3 rings (SSSR count). The maximum Gasteiger partial charge on any atom is 0.274 e. The van der Waals surface area contributed by atoms with Crippen LogP contribution in [-0.4, -0.2) is 40.3 Å². The van der Waals surface area contributed by atoms with Gasteiger partial charge in [0, 0.05) is 30.4 Å². The molecule has 0 fully saturated rings. The van der Waals surface area contributed by atoms with Gasteiger partial charge in [-0.05, 0) is 12.5 Å². The summed E-state index contributed by atoms with van der Waals surface area (Å²) in [5.41, 5.74) is 1.08. The third-order valence-electron chi connectivity index (χ3n) is 5.88. The molecule has 1 aromatic heterocycles. The zero-order valence-electron chi connectivity index (χ0n) is 22.1. The molecule has 12 heteroatoms. The molecule has 9 nitrogen and oxygen atoms in total. The van der Waals surface area contributed by atoms with E-state index in [2.05, 4.69) is 29.2 Å². The number of nitrogens with one attached hydrogen (secondary N) is 3. The molecule has 1 heterocycles. The largest absolute Gasteiger partial charge is 0.482 e. The van der Waals surface area contributed by atoms with Crippen molar-refractivity contribution in [2.24, 2.45) is 0 Å². The van der Waals surface area contributed by atoms with E-state index in [1.807, 2.05) is 0 Å². The minimum Gasteiger partial charge on any atom is -0.482 e. The van der Waals surface area contributed by atoms with Crippen molar-refractivity contribution >= 4 is 11.8 Å². The van der Waals surface area contributed by atoms with Crippen molar-refractivity contribution in [3.8, 4) is 5.75 Å². The number of halogens is 3. The van der Waals surface area contributed by atoms with Crippen LogP contribution in [0.1, 0.15) is 38.9 Å². The summed E-state index contributed by atoms with van der Waals surface area (Å²) in [5.74, 6) is -5.97. The molecule has 2 aromatic carbocycles. The maximum absolute atomic E-state index is 14.1. The van der Waals surface area contributed by atoms with Crippen LogP contribution in [0.15, 0.2) is 78.8 Å². The first-order valence-corrected chi connectivity index (χ1v) is 12.4. The third kappa shape index (κ3) is 7.63. The third-order valence-corrected chi connectivity index (χ3v) is 5.88. The summed E-state index contributed by atoms with van der Waals surface area (Å²) in [5, 5.41) is 14.3. The van der Waals surface area contributed by atoms with Gasteiger partial charge in [-0.1, -0.05) is 42.5 Å². The molecule has 0 saturated heterocycles. The number of benzene rings is 2. The van der Waals surface area contributed by atoms with E-state index < -0.39 is 76.8 Å². The highest BCUT2D eigenvalue weighted by atomic mass is 19.1. The molecule has 0 radical (unpaired) electrons. The average Bonchev–Trinajstić information content (AvgIpc) is 2.95. The van der Waals surface area contributed by atoms with Crippen molar-refractivity contribution in [1.29, 1.82) is 0 Å². The van der Waals surface area contributed by atoms with Gasteiger partial charge in [0.25, 0.3) is 11.8 Å². The van der Waals surface area contributed by atoms with Crippen LogP contribution < -0.4 is 26.2 Å². The van der Waals surface area contributed by atoms with Crippen LogP contribution in [0.5, 0.6) is 5.75 Å². The van der Waals surface area contributed by atoms with Crippen molar-refractivity contribution in [2.75, 3.05) is 12.0 Å². The zero-order chi connectivity index (χ0) is 30.1. The van der Waals surface area contributed by atoms with Gasteiger partial charge in [0.05, 0.1) is 18.7 Å². The molecule has 0 aliphatic rings. The summed E-state index contributed by atoms with van der Waals surface area (Å²) < 4.78 is 48.4. The molecular weight excluding hydrogens is 541 g/mol. The molecule has 0 aliphatic carbocycles. The van der Waals surface area contributed by atoms with E-state index in [0.29, 0.717) is 17.7 Å². The molecule has 0 spiro atoms. The summed E-state index contributed by atoms with van der Waals surface area (Å²) in [6.07, 6.45) is 3.81. The number of rotatable bonds is 13. The molecule has 3 aromatic rings. The van der Waals surface area contributed by atoms with E-state index in [1.54, 1.807) is 37.3 Å². The Morgan fingerprint density at radius 2 is 1.73 bits per heavy atom. The van der Waals surface area contributed by atoms with Crippen molar-refractivity contribution in [3.63, 3.8) is 0 Å². The van der Waals surface area contributed by atoms with E-state index in [9.17, 15) is 32.7 Å². The van der Waals surface area contributed by atoms with E-state index in [0.717, 1.165) is 10.9 Å². The van der Waals surface area contributed by atoms with E-state index >= 15 is 0 Å². The van der Waals surface area contributed by atoms with Gasteiger partial charge in [0.1, 0.15) is 29.6 Å². The summed E-state index contributed by atoms with van der Waals surface area (Å²) >= 11 is 0. The number of ether oxygens (including phenoxy) is 1. The Labute approximate surface area is 233 Å². The predicted molar refractivity (Wildman–Crippen MR) is 147 cm³/mol. The van der Waals surface area contributed by atoms with Gasteiger partial charge in [-0.3, -0.25) is 19.1 Å². The monoisotopic (exact) mass is 570 g/mol. The van der Waals surface area contributed by atoms with Crippen molar-refractivity contribution < 1.29 is 32.6 Å². The molecule has 4 N–H and O–H groups in total. The van der Waals surface area contributed by atoms with Gasteiger partial charge in [-0.15, -0.1) is 13.2 Å². The summed E-state index contributed by atoms with van der Waals surface area (Å²) in [4.78, 5) is 40.1. The Kier molecular flexibility index (Phi) is 10.5. The molecule has 0 bridgehead atoms. The van der Waals surface area contributed by atoms with Crippen LogP contribution in [0.3, 0.4) is 0 Å². The Morgan fingerprint density at radius 3 is 2.32 bits per heavy atom. The highest BCUT2D eigenvalue weighted by Gasteiger charge is 2.27. The van der Waals surface area contributed by atoms with Crippen LogP contribution in [0.4, 0.5) is 13.2 Å². The van der Waals surface area contributed by atoms with Gasteiger partial charge >= 0.3 is 0 Å². The minimum absolute atomic E-state index is 0.157. The Bertz CT molecular complexity index is 1470. The van der Waals surface area contributed by atoms with Crippen LogP contribution in [-0.2, 0) is 13.2 Å². The number of nitrogens with zero attached hydrogens (tertiary/aromatic N) is 1. The quantitative estimate of drug-likeness (QED) is 0.234. The van der Waals surface area contributed by atoms with E-state index in [-0.39, 0.29) is 12.3 Å². The second-order valence-corrected chi connectivity index (χ2v) is 8.88. The molecular formula is C29H29F3N4O5. The number of hydrogen-bond donors (Lipinski definition) is 4. The van der Waals surface area contributed by atoms with Crippen molar-refractivity contribution in [2.45, 2.75) is 32.2 Å². The fraction of sp³-hybridized carbons (Fsp3) is 0.207. The standard InChI is InChI=1S/C29H29F3N4O5/c1-4-17(3)35-36-14-22(28(39)33-13-21-23(31)11-19(30)12-24(21)32)26(38)27(41-16-18-9-7-6-8-10-18)25(36)29(40)34-20(5-2)15-37/h4-12,14,17,20,35,37H,1-2,13,15-16H2,3H3,(H,33,39)(H,34,40)/t17?,20-/m1/s1. The highest BCUT2D eigenvalue weighted by molar-refractivity contribution is 5.99. The number of pyridine rings is 1. The second-order valence-electron chi connectivity index (χ2n) is 8.88. The van der Waals surface area contributed by atoms with Gasteiger partial charge < -0.3 is 25.9 Å². The van der Waals surface area contributed by atoms with Gasteiger partial charge in [0.15, 0.2) is 11.4 Å². The molecule has 0 saturated carbocycles. The Balaban J connectivity index is 2.10. The minimum atomic E-state index is -1.22. The number of carbonyl (C=O) groups is 2. The first kappa shape index (κ1) is 30.7. The molecule has 1 unspecified atom stereocenters. The SMILES string of the molecule is C=CC(C)Nn1cc(C(=O)NCc2c(F)cc(F)cc2F)c(=O)c(OCc2ccccc2)c1C(=O)N[C@H](C=C)CO. The van der Waals surface area contributed by atoms with E-state index in [4.69, 9.17) is 4.74 Å².